The van der Waals surface area contributed by atoms with Crippen LogP contribution in [0.3, 0.4) is 0 Å². The van der Waals surface area contributed by atoms with Gasteiger partial charge in [-0.3, -0.25) is 0 Å². The van der Waals surface area contributed by atoms with Crippen molar-refractivity contribution in [1.29, 1.82) is 0 Å². The van der Waals surface area contributed by atoms with E-state index in [4.69, 9.17) is 8.92 Å². The Morgan fingerprint density at radius 3 is 2.60 bits per heavy atom. The molecule has 0 aliphatic carbocycles. The van der Waals surface area contributed by atoms with E-state index in [1.54, 1.807) is 0 Å². The first-order valence-corrected chi connectivity index (χ1v) is 5.58. The molecule has 1 aliphatic rings. The molecule has 0 amide bonds. The van der Waals surface area contributed by atoms with Crippen LogP contribution in [0.4, 0.5) is 0 Å². The molecule has 0 saturated carbocycles. The van der Waals surface area contributed by atoms with Gasteiger partial charge in [-0.1, -0.05) is 17.7 Å². The first kappa shape index (κ1) is 11.0. The minimum atomic E-state index is -0.766. The van der Waals surface area contributed by atoms with E-state index in [1.807, 2.05) is 31.2 Å². The van der Waals surface area contributed by atoms with Crippen LogP contribution in [0, 0.1) is 6.92 Å². The molecule has 1 aliphatic heterocycles. The lowest BCUT2D eigenvalue weighted by atomic mass is 10.1. The van der Waals surface area contributed by atoms with E-state index in [-0.39, 0.29) is 0 Å². The third kappa shape index (κ3) is 2.95. The summed E-state index contributed by atoms with van der Waals surface area (Å²) in [5, 5.41) is 9.67. The summed E-state index contributed by atoms with van der Waals surface area (Å²) in [5.41, 5.74) is 0.461. The normalized spacial score (nSPS) is 18.5. The van der Waals surface area contributed by atoms with E-state index in [2.05, 4.69) is 0 Å². The van der Waals surface area contributed by atoms with Gasteiger partial charge in [0.05, 0.1) is 19.8 Å². The van der Waals surface area contributed by atoms with Gasteiger partial charge in [0.15, 0.2) is 0 Å². The highest BCUT2D eigenvalue weighted by Crippen LogP contribution is 2.24. The number of benzene rings is 1. The van der Waals surface area contributed by atoms with Gasteiger partial charge in [-0.15, -0.1) is 0 Å². The fourth-order valence-electron chi connectivity index (χ4n) is 1.22. The fourth-order valence-corrected chi connectivity index (χ4v) is 1.88. The third-order valence-corrected chi connectivity index (χ3v) is 2.95. The maximum Gasteiger partial charge on any atom is 0.136 e. The summed E-state index contributed by atoms with van der Waals surface area (Å²) >= 11 is 1.29. The molecule has 82 valence electrons. The molecule has 15 heavy (non-hydrogen) atoms. The molecule has 0 aromatic heterocycles. The zero-order valence-electron chi connectivity index (χ0n) is 8.60. The van der Waals surface area contributed by atoms with Crippen LogP contribution in [0.2, 0.25) is 0 Å². The highest BCUT2D eigenvalue weighted by Gasteiger charge is 2.36. The van der Waals surface area contributed by atoms with Gasteiger partial charge in [0.2, 0.25) is 0 Å². The Balaban J connectivity index is 1.76. The van der Waals surface area contributed by atoms with Crippen molar-refractivity contribution in [2.75, 3.05) is 19.8 Å². The molecule has 1 heterocycles. The molecule has 3 nitrogen and oxygen atoms in total. The van der Waals surface area contributed by atoms with E-state index in [9.17, 15) is 5.11 Å². The van der Waals surface area contributed by atoms with Crippen LogP contribution in [-0.4, -0.2) is 30.5 Å². The molecular formula is C11H14O3S. The van der Waals surface area contributed by atoms with Gasteiger partial charge in [0.25, 0.3) is 0 Å². The molecule has 0 spiro atoms. The number of hydrogen-bond acceptors (Lipinski definition) is 4. The highest BCUT2D eigenvalue weighted by molar-refractivity contribution is 7.94. The Bertz CT molecular complexity index is 319. The zero-order valence-corrected chi connectivity index (χ0v) is 9.42. The number of ether oxygens (including phenoxy) is 1. The van der Waals surface area contributed by atoms with E-state index in [0.717, 1.165) is 4.90 Å². The molecule has 4 heteroatoms. The second-order valence-corrected chi connectivity index (χ2v) is 4.75. The smallest absolute Gasteiger partial charge is 0.136 e. The summed E-state index contributed by atoms with van der Waals surface area (Å²) in [5.74, 6) is 0. The van der Waals surface area contributed by atoms with E-state index < -0.39 is 5.60 Å². The van der Waals surface area contributed by atoms with Crippen molar-refractivity contribution in [1.82, 2.24) is 0 Å². The molecule has 0 unspecified atom stereocenters. The molecule has 2 rings (SSSR count). The number of aryl methyl sites for hydroxylation is 1. The summed E-state index contributed by atoms with van der Waals surface area (Å²) in [6.07, 6.45) is 0. The van der Waals surface area contributed by atoms with E-state index in [1.165, 1.54) is 17.6 Å². The van der Waals surface area contributed by atoms with Gasteiger partial charge in [-0.2, -0.15) is 0 Å². The Hall–Kier alpha value is -0.550. The lowest BCUT2D eigenvalue weighted by Crippen LogP contribution is -2.52. The summed E-state index contributed by atoms with van der Waals surface area (Å²) < 4.78 is 10.3. The quantitative estimate of drug-likeness (QED) is 0.794. The second-order valence-electron chi connectivity index (χ2n) is 3.88. The van der Waals surface area contributed by atoms with Crippen molar-refractivity contribution in [3.05, 3.63) is 29.8 Å². The molecule has 0 bridgehead atoms. The molecule has 1 aromatic rings. The second kappa shape index (κ2) is 4.53. The maximum atomic E-state index is 9.67. The fraction of sp³-hybridized carbons (Fsp3) is 0.455. The van der Waals surface area contributed by atoms with Crippen LogP contribution in [0.15, 0.2) is 29.2 Å². The lowest BCUT2D eigenvalue weighted by molar-refractivity contribution is -0.190. The summed E-state index contributed by atoms with van der Waals surface area (Å²) in [4.78, 5) is 1.05. The molecule has 1 fully saturated rings. The molecule has 1 N–H and O–H groups in total. The molecule has 1 saturated heterocycles. The summed E-state index contributed by atoms with van der Waals surface area (Å²) in [7, 11) is 0. The Morgan fingerprint density at radius 2 is 2.07 bits per heavy atom. The van der Waals surface area contributed by atoms with Crippen LogP contribution in [0.5, 0.6) is 0 Å². The van der Waals surface area contributed by atoms with Gasteiger partial charge in [-0.05, 0) is 19.1 Å². The summed E-state index contributed by atoms with van der Waals surface area (Å²) in [6.45, 7) is 3.11. The third-order valence-electron chi connectivity index (χ3n) is 2.25. The minimum Gasteiger partial charge on any atom is -0.383 e. The van der Waals surface area contributed by atoms with Gasteiger partial charge in [0, 0.05) is 16.9 Å². The number of rotatable bonds is 4. The average molecular weight is 226 g/mol. The predicted molar refractivity (Wildman–Crippen MR) is 58.8 cm³/mol. The molecule has 1 aromatic carbocycles. The largest absolute Gasteiger partial charge is 0.383 e. The first-order chi connectivity index (χ1) is 7.18. The van der Waals surface area contributed by atoms with Crippen molar-refractivity contribution in [2.45, 2.75) is 17.4 Å². The minimum absolute atomic E-state index is 0.311. The van der Waals surface area contributed by atoms with Crippen molar-refractivity contribution in [3.8, 4) is 0 Å². The Morgan fingerprint density at radius 1 is 1.40 bits per heavy atom. The average Bonchev–Trinajstić information content (AvgIpc) is 2.19. The molecular weight excluding hydrogens is 212 g/mol. The Kier molecular flexibility index (Phi) is 3.31. The van der Waals surface area contributed by atoms with Crippen LogP contribution < -0.4 is 0 Å². The number of aliphatic hydroxyl groups is 1. The lowest BCUT2D eigenvalue weighted by Gasteiger charge is -2.35. The van der Waals surface area contributed by atoms with Gasteiger partial charge in [0.1, 0.15) is 5.60 Å². The van der Waals surface area contributed by atoms with Crippen LogP contribution in [-0.2, 0) is 8.92 Å². The summed E-state index contributed by atoms with van der Waals surface area (Å²) in [6, 6.07) is 8.07. The van der Waals surface area contributed by atoms with Crippen molar-refractivity contribution in [2.24, 2.45) is 0 Å². The highest BCUT2D eigenvalue weighted by atomic mass is 32.2. The zero-order chi connectivity index (χ0) is 10.7. The molecule has 0 radical (unpaired) electrons. The van der Waals surface area contributed by atoms with Gasteiger partial charge < -0.3 is 14.0 Å². The topological polar surface area (TPSA) is 38.7 Å². The van der Waals surface area contributed by atoms with Crippen LogP contribution in [0.1, 0.15) is 5.56 Å². The predicted octanol–water partition coefficient (Wildman–Crippen LogP) is 1.78. The van der Waals surface area contributed by atoms with Crippen LogP contribution in [0.25, 0.3) is 0 Å². The monoisotopic (exact) mass is 226 g/mol. The van der Waals surface area contributed by atoms with Crippen LogP contribution >= 0.6 is 12.0 Å². The first-order valence-electron chi connectivity index (χ1n) is 4.84. The standard InChI is InChI=1S/C11H14O3S/c1-9-2-4-10(5-3-9)15-14-8-11(12)6-13-7-11/h2-5,12H,6-8H2,1H3. The number of hydrogen-bond donors (Lipinski definition) is 1. The van der Waals surface area contributed by atoms with Crippen molar-refractivity contribution in [3.63, 3.8) is 0 Å². The van der Waals surface area contributed by atoms with E-state index in [0.29, 0.717) is 19.8 Å². The van der Waals surface area contributed by atoms with Crippen molar-refractivity contribution < 1.29 is 14.0 Å². The van der Waals surface area contributed by atoms with Gasteiger partial charge >= 0.3 is 0 Å². The SMILES string of the molecule is Cc1ccc(SOCC2(O)COC2)cc1. The molecule has 0 atom stereocenters. The van der Waals surface area contributed by atoms with E-state index >= 15 is 0 Å². The van der Waals surface area contributed by atoms with Crippen molar-refractivity contribution >= 4 is 12.0 Å². The Labute approximate surface area is 93.6 Å². The maximum absolute atomic E-state index is 9.67. The van der Waals surface area contributed by atoms with Gasteiger partial charge in [-0.25, -0.2) is 0 Å².